The van der Waals surface area contributed by atoms with Crippen molar-refractivity contribution in [3.05, 3.63) is 127 Å². The number of aliphatic hydroxyl groups excluding tert-OH is 1. The number of fused-ring (bicyclic) bond motifs is 1. The lowest BCUT2D eigenvalue weighted by atomic mass is 9.65. The van der Waals surface area contributed by atoms with Crippen LogP contribution in [-0.2, 0) is 20.9 Å². The molecular weight excluding hydrogens is 595 g/mol. The molecule has 238 valence electrons. The van der Waals surface area contributed by atoms with E-state index < -0.39 is 28.7 Å². The average Bonchev–Trinajstić information content (AvgIpc) is 3.68. The molecule has 2 bridgehead atoms. The lowest BCUT2D eigenvalue weighted by Gasteiger charge is -2.42. The molecule has 3 heterocycles. The van der Waals surface area contributed by atoms with E-state index >= 15 is 4.79 Å². The van der Waals surface area contributed by atoms with Crippen molar-refractivity contribution < 1.29 is 19.5 Å². The number of amides is 3. The van der Waals surface area contributed by atoms with E-state index in [-0.39, 0.29) is 35.5 Å². The summed E-state index contributed by atoms with van der Waals surface area (Å²) in [6.45, 7) is 10.6. The van der Waals surface area contributed by atoms with Crippen molar-refractivity contribution in [1.29, 1.82) is 0 Å². The zero-order valence-electron chi connectivity index (χ0n) is 26.2. The molecule has 3 aromatic carbocycles. The van der Waals surface area contributed by atoms with E-state index in [1.54, 1.807) is 38.6 Å². The van der Waals surface area contributed by atoms with Gasteiger partial charge in [0.1, 0.15) is 6.04 Å². The number of likely N-dealkylation sites (tertiary alicyclic amines) is 1. The number of nitrogens with zero attached hydrogens (tertiary/aromatic N) is 3. The molecule has 1 N–H and O–H groups in total. The number of carbonyl (C=O) groups is 3. The summed E-state index contributed by atoms with van der Waals surface area (Å²) in [4.78, 5) is 49.8. The third-order valence-electron chi connectivity index (χ3n) is 9.92. The summed E-state index contributed by atoms with van der Waals surface area (Å²) in [5, 5.41) is 10.8. The largest absolute Gasteiger partial charge is 0.394 e. The number of thioether (sulfide) groups is 1. The van der Waals surface area contributed by atoms with Crippen molar-refractivity contribution >= 4 is 35.2 Å². The van der Waals surface area contributed by atoms with Crippen molar-refractivity contribution in [3.63, 3.8) is 0 Å². The van der Waals surface area contributed by atoms with Gasteiger partial charge in [-0.1, -0.05) is 97.9 Å². The Hall–Kier alpha value is -4.14. The standard InChI is InChI=1S/C38H41N3O4S/c1-4-21-39(24-27-15-9-6-10-16-27)37(45)34-38-26(3)23-31(46-38)32(35(43)40(22-5-2)29-19-13-8-14-20-29)33(38)36(44)41(34)30(25-42)28-17-11-7-12-18-28/h4-20,26,30-34,42H,1-2,21-25H2,3H3/t26?,30-,31+,32-,33+,34?,38?/m1/s1. The molecule has 8 heteroatoms. The van der Waals surface area contributed by atoms with Crippen LogP contribution in [0.4, 0.5) is 5.69 Å². The van der Waals surface area contributed by atoms with E-state index in [0.29, 0.717) is 26.1 Å². The average molecular weight is 636 g/mol. The monoisotopic (exact) mass is 635 g/mol. The van der Waals surface area contributed by atoms with Crippen LogP contribution in [-0.4, -0.2) is 68.4 Å². The predicted octanol–water partition coefficient (Wildman–Crippen LogP) is 5.49. The highest BCUT2D eigenvalue weighted by molar-refractivity contribution is 8.02. The minimum Gasteiger partial charge on any atom is -0.394 e. The smallest absolute Gasteiger partial charge is 0.247 e. The second-order valence-electron chi connectivity index (χ2n) is 12.5. The summed E-state index contributed by atoms with van der Waals surface area (Å²) in [7, 11) is 0. The minimum atomic E-state index is -0.876. The van der Waals surface area contributed by atoms with Gasteiger partial charge in [-0.05, 0) is 35.6 Å². The Kier molecular flexibility index (Phi) is 9.20. The maximum atomic E-state index is 15.0. The van der Waals surface area contributed by atoms with Gasteiger partial charge in [0.05, 0.1) is 29.2 Å². The first kappa shape index (κ1) is 31.8. The van der Waals surface area contributed by atoms with Crippen molar-refractivity contribution in [2.45, 2.75) is 42.0 Å². The molecule has 3 unspecified atom stereocenters. The van der Waals surface area contributed by atoms with Crippen LogP contribution in [0.2, 0.25) is 0 Å². The Bertz CT molecular complexity index is 1590. The van der Waals surface area contributed by atoms with E-state index in [2.05, 4.69) is 20.1 Å². The van der Waals surface area contributed by atoms with Crippen LogP contribution in [0.1, 0.15) is 30.5 Å². The van der Waals surface area contributed by atoms with Gasteiger partial charge in [-0.15, -0.1) is 24.9 Å². The second kappa shape index (κ2) is 13.3. The summed E-state index contributed by atoms with van der Waals surface area (Å²) < 4.78 is -0.839. The van der Waals surface area contributed by atoms with Gasteiger partial charge in [-0.25, -0.2) is 0 Å². The molecule has 0 aromatic heterocycles. The highest BCUT2D eigenvalue weighted by atomic mass is 32.2. The molecule has 3 aliphatic heterocycles. The Labute approximate surface area is 275 Å². The van der Waals surface area contributed by atoms with E-state index in [1.165, 1.54) is 0 Å². The molecule has 3 aromatic rings. The lowest BCUT2D eigenvalue weighted by molar-refractivity contribution is -0.146. The molecule has 7 nitrogen and oxygen atoms in total. The van der Waals surface area contributed by atoms with Crippen molar-refractivity contribution in [2.75, 3.05) is 24.6 Å². The summed E-state index contributed by atoms with van der Waals surface area (Å²) in [6, 6.07) is 27.0. The molecular formula is C38H41N3O4S. The molecule has 46 heavy (non-hydrogen) atoms. The van der Waals surface area contributed by atoms with Crippen LogP contribution >= 0.6 is 11.8 Å². The van der Waals surface area contributed by atoms with Crippen LogP contribution in [0.15, 0.2) is 116 Å². The number of hydrogen-bond donors (Lipinski definition) is 1. The quantitative estimate of drug-likeness (QED) is 0.266. The number of benzene rings is 3. The Morgan fingerprint density at radius 1 is 0.957 bits per heavy atom. The van der Waals surface area contributed by atoms with Gasteiger partial charge in [0.15, 0.2) is 0 Å². The lowest BCUT2D eigenvalue weighted by Crippen LogP contribution is -2.58. The molecule has 3 fully saturated rings. The normalized spacial score (nSPS) is 26.8. The van der Waals surface area contributed by atoms with E-state index in [4.69, 9.17) is 0 Å². The number of anilines is 1. The molecule has 3 saturated heterocycles. The fourth-order valence-corrected chi connectivity index (χ4v) is 10.4. The van der Waals surface area contributed by atoms with Crippen LogP contribution in [0.3, 0.4) is 0 Å². The molecule has 3 aliphatic rings. The maximum absolute atomic E-state index is 15.0. The molecule has 6 rings (SSSR count). The Balaban J connectivity index is 1.47. The van der Waals surface area contributed by atoms with Gasteiger partial charge in [0.2, 0.25) is 17.7 Å². The van der Waals surface area contributed by atoms with Crippen LogP contribution in [0.25, 0.3) is 0 Å². The maximum Gasteiger partial charge on any atom is 0.247 e. The number of rotatable bonds is 12. The van der Waals surface area contributed by atoms with Gasteiger partial charge >= 0.3 is 0 Å². The number of carbonyl (C=O) groups excluding carboxylic acids is 3. The SMILES string of the molecule is C=CCN(Cc1ccccc1)C(=O)C1N([C@H](CO)c2ccccc2)C(=O)[C@@H]2[C@H](C(=O)N(CC=C)c3ccccc3)[C@@H]3CC(C)C12S3. The fraction of sp³-hybridized carbons (Fsp3) is 0.342. The first-order valence-electron chi connectivity index (χ1n) is 15.9. The minimum absolute atomic E-state index is 0.0125. The van der Waals surface area contributed by atoms with Gasteiger partial charge in [-0.2, -0.15) is 0 Å². The van der Waals surface area contributed by atoms with Gasteiger partial charge in [0.25, 0.3) is 0 Å². The first-order chi connectivity index (χ1) is 22.4. The molecule has 0 aliphatic carbocycles. The summed E-state index contributed by atoms with van der Waals surface area (Å²) in [5.74, 6) is -1.91. The van der Waals surface area contributed by atoms with Crippen LogP contribution in [0.5, 0.6) is 0 Å². The van der Waals surface area contributed by atoms with Gasteiger partial charge in [0, 0.05) is 30.6 Å². The summed E-state index contributed by atoms with van der Waals surface area (Å²) in [5.41, 5.74) is 2.46. The Morgan fingerprint density at radius 2 is 1.57 bits per heavy atom. The number of para-hydroxylation sites is 1. The van der Waals surface area contributed by atoms with Crippen LogP contribution < -0.4 is 4.90 Å². The zero-order chi connectivity index (χ0) is 32.4. The summed E-state index contributed by atoms with van der Waals surface area (Å²) in [6.07, 6.45) is 4.13. The van der Waals surface area contributed by atoms with Gasteiger partial charge < -0.3 is 19.8 Å². The van der Waals surface area contributed by atoms with E-state index in [1.807, 2.05) is 91.0 Å². The first-order valence-corrected chi connectivity index (χ1v) is 16.8. The van der Waals surface area contributed by atoms with Gasteiger partial charge in [-0.3, -0.25) is 14.4 Å². The third-order valence-corrected chi connectivity index (χ3v) is 12.0. The van der Waals surface area contributed by atoms with Crippen molar-refractivity contribution in [1.82, 2.24) is 9.80 Å². The van der Waals surface area contributed by atoms with Crippen molar-refractivity contribution in [2.24, 2.45) is 17.8 Å². The van der Waals surface area contributed by atoms with E-state index in [0.717, 1.165) is 16.8 Å². The predicted molar refractivity (Wildman–Crippen MR) is 183 cm³/mol. The van der Waals surface area contributed by atoms with Crippen LogP contribution in [0, 0.1) is 17.8 Å². The zero-order valence-corrected chi connectivity index (χ0v) is 27.0. The molecule has 7 atom stereocenters. The molecule has 1 spiro atoms. The molecule has 3 amide bonds. The Morgan fingerprint density at radius 3 is 2.17 bits per heavy atom. The number of aliphatic hydroxyl groups is 1. The topological polar surface area (TPSA) is 81.2 Å². The third kappa shape index (κ3) is 5.27. The van der Waals surface area contributed by atoms with E-state index in [9.17, 15) is 14.7 Å². The van der Waals surface area contributed by atoms with Crippen molar-refractivity contribution in [3.8, 4) is 0 Å². The summed E-state index contributed by atoms with van der Waals surface area (Å²) >= 11 is 1.64. The molecule has 0 radical (unpaired) electrons. The fourth-order valence-electron chi connectivity index (χ4n) is 7.99. The second-order valence-corrected chi connectivity index (χ2v) is 14.0. The molecule has 0 saturated carbocycles. The number of hydrogen-bond acceptors (Lipinski definition) is 5. The highest BCUT2D eigenvalue weighted by Crippen LogP contribution is 2.69. The highest BCUT2D eigenvalue weighted by Gasteiger charge is 2.77.